The molecule has 0 aromatic heterocycles. The zero-order valence-corrected chi connectivity index (χ0v) is 15.1. The van der Waals surface area contributed by atoms with Crippen molar-refractivity contribution in [3.05, 3.63) is 0 Å². The molecule has 0 rings (SSSR count). The van der Waals surface area contributed by atoms with Crippen molar-refractivity contribution in [1.82, 2.24) is 0 Å². The Bertz CT molecular complexity index is 307. The van der Waals surface area contributed by atoms with Crippen LogP contribution in [0.5, 0.6) is 0 Å². The van der Waals surface area contributed by atoms with Crippen molar-refractivity contribution in [2.45, 2.75) is 45.4 Å². The predicted molar refractivity (Wildman–Crippen MR) is 88.8 cm³/mol. The van der Waals surface area contributed by atoms with Crippen LogP contribution in [0, 0.1) is 0 Å². The molecule has 0 bridgehead atoms. The van der Waals surface area contributed by atoms with Crippen LogP contribution in [-0.2, 0) is 33.3 Å². The molecule has 0 atom stereocenters. The van der Waals surface area contributed by atoms with Gasteiger partial charge in [-0.25, -0.2) is 0 Å². The Morgan fingerprint density at radius 3 is 1.71 bits per heavy atom. The van der Waals surface area contributed by atoms with E-state index in [0.717, 1.165) is 19.4 Å². The lowest BCUT2D eigenvalue weighted by atomic mass is 10.2. The molecule has 7 heteroatoms. The molecule has 0 aliphatic rings. The summed E-state index contributed by atoms with van der Waals surface area (Å²) in [6.07, 6.45) is 3.98. The van der Waals surface area contributed by atoms with Crippen molar-refractivity contribution in [1.29, 1.82) is 0 Å². The van der Waals surface area contributed by atoms with Gasteiger partial charge in [0.2, 0.25) is 0 Å². The molecule has 0 heterocycles. The van der Waals surface area contributed by atoms with Crippen LogP contribution < -0.4 is 0 Å². The fraction of sp³-hybridized carbons (Fsp3) is 0.882. The lowest BCUT2D eigenvalue weighted by Gasteiger charge is -2.07. The van der Waals surface area contributed by atoms with Gasteiger partial charge in [0, 0.05) is 26.6 Å². The number of hydrogen-bond acceptors (Lipinski definition) is 7. The van der Waals surface area contributed by atoms with Gasteiger partial charge in [-0.15, -0.1) is 0 Å². The van der Waals surface area contributed by atoms with E-state index in [1.54, 1.807) is 7.11 Å². The van der Waals surface area contributed by atoms with Crippen molar-refractivity contribution in [2.75, 3.05) is 53.4 Å². The first-order valence-corrected chi connectivity index (χ1v) is 8.66. The average Bonchev–Trinajstić information content (AvgIpc) is 2.57. The maximum atomic E-state index is 11.5. The number of ether oxygens (including phenoxy) is 5. The van der Waals surface area contributed by atoms with Crippen molar-refractivity contribution in [3.63, 3.8) is 0 Å². The summed E-state index contributed by atoms with van der Waals surface area (Å²) in [4.78, 5) is 22.8. The molecular formula is C17H32O7. The first-order chi connectivity index (χ1) is 11.7. The third-order valence-corrected chi connectivity index (χ3v) is 3.07. The predicted octanol–water partition coefficient (Wildman–Crippen LogP) is 2.11. The van der Waals surface area contributed by atoms with Gasteiger partial charge >= 0.3 is 11.9 Å². The molecule has 0 aliphatic heterocycles. The van der Waals surface area contributed by atoms with E-state index in [0.29, 0.717) is 52.1 Å². The van der Waals surface area contributed by atoms with E-state index in [-0.39, 0.29) is 25.2 Å². The highest BCUT2D eigenvalue weighted by molar-refractivity contribution is 5.70. The van der Waals surface area contributed by atoms with E-state index in [9.17, 15) is 9.59 Å². The number of carbonyl (C=O) groups is 2. The summed E-state index contributed by atoms with van der Waals surface area (Å²) in [6.45, 7) is 5.21. The minimum Gasteiger partial charge on any atom is -0.463 e. The lowest BCUT2D eigenvalue weighted by Crippen LogP contribution is -2.13. The zero-order chi connectivity index (χ0) is 17.9. The maximum absolute atomic E-state index is 11.5. The summed E-state index contributed by atoms with van der Waals surface area (Å²) < 4.78 is 25.4. The van der Waals surface area contributed by atoms with Crippen molar-refractivity contribution >= 4 is 11.9 Å². The van der Waals surface area contributed by atoms with E-state index < -0.39 is 0 Å². The molecule has 0 unspecified atom stereocenters. The highest BCUT2D eigenvalue weighted by atomic mass is 16.6. The second-order valence-corrected chi connectivity index (χ2v) is 5.22. The molecular weight excluding hydrogens is 316 g/mol. The van der Waals surface area contributed by atoms with Gasteiger partial charge in [0.15, 0.2) is 0 Å². The van der Waals surface area contributed by atoms with Crippen LogP contribution in [0.15, 0.2) is 0 Å². The third-order valence-electron chi connectivity index (χ3n) is 3.07. The normalized spacial score (nSPS) is 10.6. The molecule has 0 aromatic rings. The first kappa shape index (κ1) is 22.8. The summed E-state index contributed by atoms with van der Waals surface area (Å²) in [5.74, 6) is -0.541. The average molecular weight is 348 g/mol. The molecule has 0 aliphatic carbocycles. The number of rotatable bonds is 17. The smallest absolute Gasteiger partial charge is 0.305 e. The molecule has 0 saturated carbocycles. The topological polar surface area (TPSA) is 80.3 Å². The van der Waals surface area contributed by atoms with Crippen LogP contribution in [0.25, 0.3) is 0 Å². The Kier molecular flexibility index (Phi) is 17.3. The molecule has 0 N–H and O–H groups in total. The summed E-state index contributed by atoms with van der Waals surface area (Å²) in [7, 11) is 1.55. The fourth-order valence-electron chi connectivity index (χ4n) is 1.70. The van der Waals surface area contributed by atoms with Gasteiger partial charge in [-0.3, -0.25) is 9.59 Å². The van der Waals surface area contributed by atoms with Gasteiger partial charge in [0.25, 0.3) is 0 Å². The summed E-state index contributed by atoms with van der Waals surface area (Å²) in [5, 5.41) is 0. The zero-order valence-electron chi connectivity index (χ0n) is 15.1. The molecule has 0 radical (unpaired) electrons. The summed E-state index contributed by atoms with van der Waals surface area (Å²) in [5.41, 5.74) is 0. The summed E-state index contributed by atoms with van der Waals surface area (Å²) >= 11 is 0. The number of carbonyl (C=O) groups excluding carboxylic acids is 2. The number of methoxy groups -OCH3 is 1. The van der Waals surface area contributed by atoms with Gasteiger partial charge in [-0.05, 0) is 19.3 Å². The number of esters is 2. The lowest BCUT2D eigenvalue weighted by molar-refractivity contribution is -0.147. The van der Waals surface area contributed by atoms with E-state index in [2.05, 4.69) is 6.92 Å². The van der Waals surface area contributed by atoms with Gasteiger partial charge in [-0.2, -0.15) is 0 Å². The van der Waals surface area contributed by atoms with Crippen molar-refractivity contribution in [3.8, 4) is 0 Å². The summed E-state index contributed by atoms with van der Waals surface area (Å²) in [6, 6.07) is 0. The molecule has 0 saturated heterocycles. The van der Waals surface area contributed by atoms with Crippen LogP contribution in [0.2, 0.25) is 0 Å². The fourth-order valence-corrected chi connectivity index (χ4v) is 1.70. The molecule has 0 amide bonds. The van der Waals surface area contributed by atoms with E-state index in [4.69, 9.17) is 23.7 Å². The van der Waals surface area contributed by atoms with Crippen molar-refractivity contribution < 1.29 is 33.3 Å². The first-order valence-electron chi connectivity index (χ1n) is 8.66. The van der Waals surface area contributed by atoms with Crippen LogP contribution in [0.3, 0.4) is 0 Å². The van der Waals surface area contributed by atoms with Crippen LogP contribution in [0.1, 0.15) is 45.4 Å². The monoisotopic (exact) mass is 348 g/mol. The van der Waals surface area contributed by atoms with Gasteiger partial charge in [-0.1, -0.05) is 13.3 Å². The number of unbranched alkanes of at least 4 members (excludes halogenated alkanes) is 2. The SMILES string of the molecule is CCCCOCCOCCOC(=O)CCCCC(=O)OCCOC. The second-order valence-electron chi connectivity index (χ2n) is 5.22. The molecule has 7 nitrogen and oxygen atoms in total. The Balaban J connectivity index is 3.28. The third kappa shape index (κ3) is 17.2. The Morgan fingerprint density at radius 2 is 1.17 bits per heavy atom. The number of hydrogen-bond donors (Lipinski definition) is 0. The maximum Gasteiger partial charge on any atom is 0.305 e. The molecule has 142 valence electrons. The molecule has 24 heavy (non-hydrogen) atoms. The molecule has 0 aromatic carbocycles. The van der Waals surface area contributed by atoms with Crippen LogP contribution >= 0.6 is 0 Å². The van der Waals surface area contributed by atoms with Gasteiger partial charge in [0.05, 0.1) is 26.4 Å². The van der Waals surface area contributed by atoms with Crippen LogP contribution in [0.4, 0.5) is 0 Å². The van der Waals surface area contributed by atoms with E-state index >= 15 is 0 Å². The highest BCUT2D eigenvalue weighted by Crippen LogP contribution is 2.03. The minimum atomic E-state index is -0.273. The minimum absolute atomic E-state index is 0.243. The van der Waals surface area contributed by atoms with E-state index in [1.807, 2.05) is 0 Å². The van der Waals surface area contributed by atoms with Gasteiger partial charge < -0.3 is 23.7 Å². The second kappa shape index (κ2) is 18.2. The van der Waals surface area contributed by atoms with E-state index in [1.165, 1.54) is 0 Å². The standard InChI is InChI=1S/C17H32O7/c1-3-4-9-21-11-12-22-13-15-24-17(19)8-6-5-7-16(18)23-14-10-20-2/h3-15H2,1-2H3. The largest absolute Gasteiger partial charge is 0.463 e. The van der Waals surface area contributed by atoms with Crippen molar-refractivity contribution in [2.24, 2.45) is 0 Å². The Labute approximate surface area is 144 Å². The van der Waals surface area contributed by atoms with Gasteiger partial charge in [0.1, 0.15) is 13.2 Å². The Hall–Kier alpha value is -1.18. The molecule has 0 fully saturated rings. The Morgan fingerprint density at radius 1 is 0.667 bits per heavy atom. The van der Waals surface area contributed by atoms with Crippen LogP contribution in [-0.4, -0.2) is 65.3 Å². The highest BCUT2D eigenvalue weighted by Gasteiger charge is 2.06. The quantitative estimate of drug-likeness (QED) is 0.294. The molecule has 0 spiro atoms.